The maximum absolute atomic E-state index is 12.8. The lowest BCUT2D eigenvalue weighted by atomic mass is 10.0. The van der Waals surface area contributed by atoms with Crippen LogP contribution in [0.2, 0.25) is 0 Å². The highest BCUT2D eigenvalue weighted by molar-refractivity contribution is 7.18. The van der Waals surface area contributed by atoms with Gasteiger partial charge in [-0.1, -0.05) is 32.9 Å². The van der Waals surface area contributed by atoms with Crippen molar-refractivity contribution in [3.63, 3.8) is 0 Å². The van der Waals surface area contributed by atoms with Crippen molar-refractivity contribution in [1.82, 2.24) is 9.78 Å². The van der Waals surface area contributed by atoms with Gasteiger partial charge in [0.05, 0.1) is 17.0 Å². The Balaban J connectivity index is 1.71. The van der Waals surface area contributed by atoms with Crippen molar-refractivity contribution in [2.45, 2.75) is 46.8 Å². The SMILES string of the molecule is CCCOC(=O)c1c(NC(=O)c2ccn(COc3ccc(C(C)C)cc3)n2)sc(C(N)=O)c1C. The van der Waals surface area contributed by atoms with Crippen LogP contribution in [0.15, 0.2) is 36.5 Å². The topological polar surface area (TPSA) is 126 Å². The number of thiophene rings is 1. The molecular weight excluding hydrogens is 456 g/mol. The third-order valence-corrected chi connectivity index (χ3v) is 6.24. The number of benzene rings is 1. The number of primary amides is 1. The van der Waals surface area contributed by atoms with Crippen LogP contribution in [-0.4, -0.2) is 34.2 Å². The smallest absolute Gasteiger partial charge is 0.341 e. The number of esters is 1. The molecule has 0 aliphatic heterocycles. The first kappa shape index (κ1) is 25.0. The van der Waals surface area contributed by atoms with Gasteiger partial charge in [-0.15, -0.1) is 11.3 Å². The van der Waals surface area contributed by atoms with Gasteiger partial charge in [-0.05, 0) is 48.6 Å². The Labute approximate surface area is 201 Å². The summed E-state index contributed by atoms with van der Waals surface area (Å²) < 4.78 is 12.4. The maximum Gasteiger partial charge on any atom is 0.341 e. The number of hydrogen-bond donors (Lipinski definition) is 2. The lowest BCUT2D eigenvalue weighted by Crippen LogP contribution is -2.16. The van der Waals surface area contributed by atoms with E-state index in [1.165, 1.54) is 16.3 Å². The van der Waals surface area contributed by atoms with E-state index in [1.807, 2.05) is 31.2 Å². The van der Waals surface area contributed by atoms with Crippen LogP contribution < -0.4 is 15.8 Å². The van der Waals surface area contributed by atoms with E-state index in [1.54, 1.807) is 13.1 Å². The zero-order valence-corrected chi connectivity index (χ0v) is 20.4. The number of ether oxygens (including phenoxy) is 2. The standard InChI is InChI=1S/C24H28N4O5S/c1-5-12-32-24(31)19-15(4)20(21(25)29)34-23(19)26-22(30)18-10-11-28(27-18)13-33-17-8-6-16(7-9-17)14(2)3/h6-11,14H,5,12-13H2,1-4H3,(H2,25,29)(H,26,30). The minimum absolute atomic E-state index is 0.118. The molecule has 0 bridgehead atoms. The minimum Gasteiger partial charge on any atom is -0.471 e. The molecule has 2 heterocycles. The highest BCUT2D eigenvalue weighted by atomic mass is 32.1. The van der Waals surface area contributed by atoms with Gasteiger partial charge in [0, 0.05) is 6.20 Å². The third-order valence-electron chi connectivity index (χ3n) is 5.02. The van der Waals surface area contributed by atoms with Crippen molar-refractivity contribution >= 4 is 34.1 Å². The molecule has 3 N–H and O–H groups in total. The molecule has 0 saturated heterocycles. The Kier molecular flexibility index (Phi) is 8.06. The van der Waals surface area contributed by atoms with Crippen molar-refractivity contribution in [2.75, 3.05) is 11.9 Å². The molecule has 180 valence electrons. The molecule has 2 amide bonds. The van der Waals surface area contributed by atoms with Gasteiger partial charge >= 0.3 is 5.97 Å². The summed E-state index contributed by atoms with van der Waals surface area (Å²) in [6.45, 7) is 8.04. The fourth-order valence-corrected chi connectivity index (χ4v) is 4.20. The van der Waals surface area contributed by atoms with E-state index >= 15 is 0 Å². The molecule has 0 unspecified atom stereocenters. The summed E-state index contributed by atoms with van der Waals surface area (Å²) >= 11 is 0.930. The first-order chi connectivity index (χ1) is 16.2. The lowest BCUT2D eigenvalue weighted by Gasteiger charge is -2.09. The molecule has 0 saturated carbocycles. The molecule has 0 radical (unpaired) electrons. The summed E-state index contributed by atoms with van der Waals surface area (Å²) in [6.07, 6.45) is 2.25. The van der Waals surface area contributed by atoms with Gasteiger partial charge in [0.25, 0.3) is 11.8 Å². The summed E-state index contributed by atoms with van der Waals surface area (Å²) in [5.41, 5.74) is 7.25. The van der Waals surface area contributed by atoms with Crippen LogP contribution in [0.1, 0.15) is 74.8 Å². The molecule has 3 rings (SSSR count). The Morgan fingerprint density at radius 1 is 1.18 bits per heavy atom. The van der Waals surface area contributed by atoms with E-state index in [9.17, 15) is 14.4 Å². The van der Waals surface area contributed by atoms with Crippen molar-refractivity contribution in [1.29, 1.82) is 0 Å². The average Bonchev–Trinajstić information content (AvgIpc) is 3.41. The second kappa shape index (κ2) is 11.0. The predicted molar refractivity (Wildman–Crippen MR) is 129 cm³/mol. The van der Waals surface area contributed by atoms with Crippen LogP contribution in [-0.2, 0) is 11.5 Å². The van der Waals surface area contributed by atoms with Crippen LogP contribution in [0.25, 0.3) is 0 Å². The highest BCUT2D eigenvalue weighted by Gasteiger charge is 2.26. The minimum atomic E-state index is -0.685. The number of hydrogen-bond acceptors (Lipinski definition) is 7. The number of amides is 2. The van der Waals surface area contributed by atoms with Gasteiger partial charge in [0.15, 0.2) is 12.4 Å². The Morgan fingerprint density at radius 3 is 2.50 bits per heavy atom. The number of rotatable bonds is 10. The second-order valence-corrected chi connectivity index (χ2v) is 8.97. The van der Waals surface area contributed by atoms with E-state index in [0.717, 1.165) is 11.3 Å². The molecule has 2 aromatic heterocycles. The number of aromatic nitrogens is 2. The monoisotopic (exact) mass is 484 g/mol. The van der Waals surface area contributed by atoms with E-state index in [4.69, 9.17) is 15.2 Å². The predicted octanol–water partition coefficient (Wildman–Crippen LogP) is 4.33. The van der Waals surface area contributed by atoms with Crippen LogP contribution in [0.4, 0.5) is 5.00 Å². The first-order valence-electron chi connectivity index (χ1n) is 10.9. The number of anilines is 1. The largest absolute Gasteiger partial charge is 0.471 e. The Bertz CT molecular complexity index is 1180. The molecule has 0 aliphatic carbocycles. The summed E-state index contributed by atoms with van der Waals surface area (Å²) in [5.74, 6) is -0.728. The highest BCUT2D eigenvalue weighted by Crippen LogP contribution is 2.33. The lowest BCUT2D eigenvalue weighted by molar-refractivity contribution is 0.0506. The summed E-state index contributed by atoms with van der Waals surface area (Å²) in [6, 6.07) is 9.33. The molecule has 0 atom stereocenters. The van der Waals surface area contributed by atoms with Crippen molar-refractivity contribution in [2.24, 2.45) is 5.73 Å². The van der Waals surface area contributed by atoms with Gasteiger partial charge in [-0.3, -0.25) is 9.59 Å². The quantitative estimate of drug-likeness (QED) is 0.413. The van der Waals surface area contributed by atoms with Crippen molar-refractivity contribution in [3.05, 3.63) is 63.8 Å². The molecule has 9 nitrogen and oxygen atoms in total. The van der Waals surface area contributed by atoms with E-state index in [0.29, 0.717) is 23.7 Å². The van der Waals surface area contributed by atoms with Gasteiger partial charge in [-0.25, -0.2) is 9.48 Å². The molecule has 1 aromatic carbocycles. The number of nitrogens with two attached hydrogens (primary N) is 1. The third kappa shape index (κ3) is 5.82. The van der Waals surface area contributed by atoms with E-state index < -0.39 is 17.8 Å². The molecule has 34 heavy (non-hydrogen) atoms. The zero-order chi connectivity index (χ0) is 24.8. The van der Waals surface area contributed by atoms with Gasteiger partial charge in [0.1, 0.15) is 10.8 Å². The fraction of sp³-hybridized carbons (Fsp3) is 0.333. The van der Waals surface area contributed by atoms with Crippen LogP contribution in [0.5, 0.6) is 5.75 Å². The van der Waals surface area contributed by atoms with E-state index in [-0.39, 0.29) is 34.5 Å². The Morgan fingerprint density at radius 2 is 1.88 bits per heavy atom. The number of carbonyl (C=O) groups excluding carboxylic acids is 3. The number of carbonyl (C=O) groups is 3. The molecule has 0 aliphatic rings. The molecule has 3 aromatic rings. The van der Waals surface area contributed by atoms with Gasteiger partial charge in [-0.2, -0.15) is 5.10 Å². The molecule has 0 spiro atoms. The maximum atomic E-state index is 12.8. The first-order valence-corrected chi connectivity index (χ1v) is 11.7. The summed E-state index contributed by atoms with van der Waals surface area (Å²) in [7, 11) is 0. The van der Waals surface area contributed by atoms with Crippen molar-refractivity contribution in [3.8, 4) is 5.75 Å². The summed E-state index contributed by atoms with van der Waals surface area (Å²) in [5, 5.41) is 7.08. The zero-order valence-electron chi connectivity index (χ0n) is 19.6. The van der Waals surface area contributed by atoms with E-state index in [2.05, 4.69) is 24.3 Å². The molecular formula is C24H28N4O5S. The van der Waals surface area contributed by atoms with Gasteiger partial charge < -0.3 is 20.5 Å². The Hall–Kier alpha value is -3.66. The van der Waals surface area contributed by atoms with Gasteiger partial charge in [0.2, 0.25) is 0 Å². The second-order valence-electron chi connectivity index (χ2n) is 7.95. The number of nitrogens with zero attached hydrogens (tertiary/aromatic N) is 2. The normalized spacial score (nSPS) is 10.9. The van der Waals surface area contributed by atoms with Crippen molar-refractivity contribution < 1.29 is 23.9 Å². The molecule has 10 heteroatoms. The number of nitrogens with one attached hydrogen (secondary N) is 1. The van der Waals surface area contributed by atoms with Crippen LogP contribution in [0.3, 0.4) is 0 Å². The van der Waals surface area contributed by atoms with Crippen LogP contribution in [0, 0.1) is 6.92 Å². The summed E-state index contributed by atoms with van der Waals surface area (Å²) in [4.78, 5) is 37.3. The van der Waals surface area contributed by atoms with Crippen LogP contribution >= 0.6 is 11.3 Å². The fourth-order valence-electron chi connectivity index (χ4n) is 3.16. The molecule has 0 fully saturated rings. The average molecular weight is 485 g/mol.